The summed E-state index contributed by atoms with van der Waals surface area (Å²) in [6.07, 6.45) is 0. The van der Waals surface area contributed by atoms with Gasteiger partial charge in [0.1, 0.15) is 5.76 Å². The van der Waals surface area contributed by atoms with Gasteiger partial charge in [-0.05, 0) is 55.5 Å². The molecule has 0 spiro atoms. The van der Waals surface area contributed by atoms with Crippen LogP contribution in [-0.4, -0.2) is 31.1 Å². The van der Waals surface area contributed by atoms with Crippen molar-refractivity contribution in [3.8, 4) is 0 Å². The summed E-state index contributed by atoms with van der Waals surface area (Å²) in [5, 5.41) is 9.19. The molecule has 0 aliphatic rings. The Labute approximate surface area is 157 Å². The van der Waals surface area contributed by atoms with E-state index in [0.29, 0.717) is 28.4 Å². The van der Waals surface area contributed by atoms with E-state index in [2.05, 4.69) is 15.8 Å². The number of aryl methyl sites for hydroxylation is 1. The van der Waals surface area contributed by atoms with Gasteiger partial charge in [0.2, 0.25) is 0 Å². The van der Waals surface area contributed by atoms with E-state index >= 15 is 0 Å². The lowest BCUT2D eigenvalue weighted by atomic mass is 10.1. The number of amides is 2. The van der Waals surface area contributed by atoms with Gasteiger partial charge in [-0.1, -0.05) is 5.16 Å². The Balaban J connectivity index is 1.63. The Bertz CT molecular complexity index is 944. The number of benzene rings is 2. The molecule has 0 atom stereocenters. The minimum absolute atomic E-state index is 0.244. The van der Waals surface area contributed by atoms with Crippen LogP contribution in [0.3, 0.4) is 0 Å². The Kier molecular flexibility index (Phi) is 5.21. The fraction of sp³-hybridized carbons (Fsp3) is 0.150. The number of anilines is 3. The first-order valence-corrected chi connectivity index (χ1v) is 8.36. The number of nitrogens with zero attached hydrogens (tertiary/aromatic N) is 2. The molecule has 2 amide bonds. The van der Waals surface area contributed by atoms with Crippen LogP contribution in [0.5, 0.6) is 0 Å². The third-order valence-electron chi connectivity index (χ3n) is 3.92. The van der Waals surface area contributed by atoms with Gasteiger partial charge in [-0.15, -0.1) is 0 Å². The van der Waals surface area contributed by atoms with Crippen LogP contribution >= 0.6 is 0 Å². The van der Waals surface area contributed by atoms with Gasteiger partial charge in [-0.3, -0.25) is 9.59 Å². The highest BCUT2D eigenvalue weighted by molar-refractivity contribution is 6.07. The number of rotatable bonds is 5. The molecule has 0 bridgehead atoms. The maximum absolute atomic E-state index is 12.4. The van der Waals surface area contributed by atoms with Crippen molar-refractivity contribution in [3.05, 3.63) is 71.5 Å². The van der Waals surface area contributed by atoms with Gasteiger partial charge in [-0.2, -0.15) is 0 Å². The molecule has 0 aliphatic heterocycles. The molecule has 7 nitrogen and oxygen atoms in total. The first kappa shape index (κ1) is 18.2. The van der Waals surface area contributed by atoms with Gasteiger partial charge in [0.05, 0.1) is 0 Å². The third kappa shape index (κ3) is 4.52. The normalized spacial score (nSPS) is 10.3. The molecule has 0 aliphatic carbocycles. The molecule has 0 radical (unpaired) electrons. The second-order valence-corrected chi connectivity index (χ2v) is 6.25. The van der Waals surface area contributed by atoms with E-state index in [4.69, 9.17) is 4.52 Å². The molecular weight excluding hydrogens is 344 g/mol. The molecule has 1 heterocycles. The molecule has 27 heavy (non-hydrogen) atoms. The van der Waals surface area contributed by atoms with Crippen LogP contribution in [0, 0.1) is 6.92 Å². The molecule has 0 fully saturated rings. The molecule has 3 rings (SSSR count). The van der Waals surface area contributed by atoms with Gasteiger partial charge >= 0.3 is 0 Å². The van der Waals surface area contributed by atoms with Crippen molar-refractivity contribution in [2.24, 2.45) is 0 Å². The number of hydrogen-bond donors (Lipinski definition) is 2. The third-order valence-corrected chi connectivity index (χ3v) is 3.92. The highest BCUT2D eigenvalue weighted by Crippen LogP contribution is 2.17. The molecular formula is C20H20N4O3. The average Bonchev–Trinajstić information content (AvgIpc) is 3.07. The fourth-order valence-corrected chi connectivity index (χ4v) is 2.43. The summed E-state index contributed by atoms with van der Waals surface area (Å²) in [7, 11) is 3.91. The molecule has 7 heteroatoms. The van der Waals surface area contributed by atoms with E-state index < -0.39 is 0 Å². The summed E-state index contributed by atoms with van der Waals surface area (Å²) in [4.78, 5) is 26.5. The number of hydrogen-bond acceptors (Lipinski definition) is 5. The SMILES string of the molecule is Cc1cc(NC(=O)c2ccc(C(=O)Nc3ccc(N(C)C)cc3)cc2)no1. The summed E-state index contributed by atoms with van der Waals surface area (Å²) in [6, 6.07) is 15.5. The number of aromatic nitrogens is 1. The second kappa shape index (κ2) is 7.74. The van der Waals surface area contributed by atoms with Crippen LogP contribution in [0.25, 0.3) is 0 Å². The maximum atomic E-state index is 12.4. The Morgan fingerprint density at radius 1 is 0.889 bits per heavy atom. The highest BCUT2D eigenvalue weighted by atomic mass is 16.5. The van der Waals surface area contributed by atoms with E-state index in [1.54, 1.807) is 37.3 Å². The molecule has 0 saturated heterocycles. The van der Waals surface area contributed by atoms with Crippen LogP contribution in [-0.2, 0) is 0 Å². The van der Waals surface area contributed by atoms with Crippen LogP contribution in [0.4, 0.5) is 17.2 Å². The van der Waals surface area contributed by atoms with Crippen molar-refractivity contribution < 1.29 is 14.1 Å². The Morgan fingerprint density at radius 3 is 1.93 bits per heavy atom. The monoisotopic (exact) mass is 364 g/mol. The molecule has 0 saturated carbocycles. The first-order valence-electron chi connectivity index (χ1n) is 8.36. The zero-order valence-corrected chi connectivity index (χ0v) is 15.3. The first-order chi connectivity index (χ1) is 12.9. The quantitative estimate of drug-likeness (QED) is 0.723. The minimum Gasteiger partial charge on any atom is -0.378 e. The summed E-state index contributed by atoms with van der Waals surface area (Å²) in [5.41, 5.74) is 2.63. The van der Waals surface area contributed by atoms with Crippen LogP contribution in [0.15, 0.2) is 59.1 Å². The Morgan fingerprint density at radius 2 is 1.44 bits per heavy atom. The average molecular weight is 364 g/mol. The summed E-state index contributed by atoms with van der Waals surface area (Å²) < 4.78 is 4.91. The van der Waals surface area contributed by atoms with Gasteiger partial charge in [0.15, 0.2) is 5.82 Å². The number of carbonyl (C=O) groups is 2. The van der Waals surface area contributed by atoms with E-state index in [1.165, 1.54) is 0 Å². The summed E-state index contributed by atoms with van der Waals surface area (Å²) in [6.45, 7) is 1.74. The zero-order chi connectivity index (χ0) is 19.4. The van der Waals surface area contributed by atoms with E-state index in [1.807, 2.05) is 43.3 Å². The molecule has 138 valence electrons. The van der Waals surface area contributed by atoms with Gasteiger partial charge in [0.25, 0.3) is 11.8 Å². The van der Waals surface area contributed by atoms with Crippen molar-refractivity contribution >= 4 is 29.0 Å². The topological polar surface area (TPSA) is 87.5 Å². The summed E-state index contributed by atoms with van der Waals surface area (Å²) >= 11 is 0. The minimum atomic E-state index is -0.325. The predicted octanol–water partition coefficient (Wildman–Crippen LogP) is 3.55. The predicted molar refractivity (Wildman–Crippen MR) is 104 cm³/mol. The second-order valence-electron chi connectivity index (χ2n) is 6.25. The van der Waals surface area contributed by atoms with Crippen molar-refractivity contribution in [2.75, 3.05) is 29.6 Å². The van der Waals surface area contributed by atoms with Crippen molar-refractivity contribution in [1.29, 1.82) is 0 Å². The largest absolute Gasteiger partial charge is 0.378 e. The molecule has 2 aromatic carbocycles. The molecule has 2 N–H and O–H groups in total. The van der Waals surface area contributed by atoms with Crippen LogP contribution < -0.4 is 15.5 Å². The van der Waals surface area contributed by atoms with E-state index in [-0.39, 0.29) is 11.8 Å². The van der Waals surface area contributed by atoms with E-state index in [0.717, 1.165) is 5.69 Å². The van der Waals surface area contributed by atoms with Crippen LogP contribution in [0.2, 0.25) is 0 Å². The molecule has 3 aromatic rings. The lowest BCUT2D eigenvalue weighted by Crippen LogP contribution is -2.14. The molecule has 0 unspecified atom stereocenters. The van der Waals surface area contributed by atoms with E-state index in [9.17, 15) is 9.59 Å². The fourth-order valence-electron chi connectivity index (χ4n) is 2.43. The standard InChI is InChI=1S/C20H20N4O3/c1-13-12-18(23-27-13)22-20(26)15-6-4-14(5-7-15)19(25)21-16-8-10-17(11-9-16)24(2)3/h4-12H,1-3H3,(H,21,25)(H,22,23,26). The van der Waals surface area contributed by atoms with Gasteiger partial charge < -0.3 is 20.1 Å². The lowest BCUT2D eigenvalue weighted by molar-refractivity contribution is 0.101. The van der Waals surface area contributed by atoms with Gasteiger partial charge in [0, 0.05) is 42.7 Å². The van der Waals surface area contributed by atoms with Crippen LogP contribution in [0.1, 0.15) is 26.5 Å². The van der Waals surface area contributed by atoms with Crippen molar-refractivity contribution in [3.63, 3.8) is 0 Å². The van der Waals surface area contributed by atoms with Crippen molar-refractivity contribution in [1.82, 2.24) is 5.16 Å². The molecule has 1 aromatic heterocycles. The number of carbonyl (C=O) groups excluding carboxylic acids is 2. The zero-order valence-electron chi connectivity index (χ0n) is 15.3. The van der Waals surface area contributed by atoms with Crippen molar-refractivity contribution in [2.45, 2.75) is 6.92 Å². The van der Waals surface area contributed by atoms with Gasteiger partial charge in [-0.25, -0.2) is 0 Å². The Hall–Kier alpha value is -3.61. The maximum Gasteiger partial charge on any atom is 0.256 e. The summed E-state index contributed by atoms with van der Waals surface area (Å²) in [5.74, 6) is 0.387. The highest BCUT2D eigenvalue weighted by Gasteiger charge is 2.11. The number of nitrogens with one attached hydrogen (secondary N) is 2. The smallest absolute Gasteiger partial charge is 0.256 e. The lowest BCUT2D eigenvalue weighted by Gasteiger charge is -2.13.